The van der Waals surface area contributed by atoms with E-state index in [0.717, 1.165) is 22.7 Å². The molecule has 0 spiro atoms. The molecule has 0 bridgehead atoms. The number of thioether (sulfide) groups is 1. The number of aromatic nitrogens is 2. The maximum atomic E-state index is 12.8. The Morgan fingerprint density at radius 1 is 1.00 bits per heavy atom. The number of hydrogen-bond donors (Lipinski definition) is 2. The maximum Gasteiger partial charge on any atom is 0.255 e. The number of nitrogens with zero attached hydrogens (tertiary/aromatic N) is 2. The molecule has 7 nitrogen and oxygen atoms in total. The lowest BCUT2D eigenvalue weighted by Gasteiger charge is -2.13. The van der Waals surface area contributed by atoms with E-state index in [1.54, 1.807) is 43.5 Å². The largest absolute Gasteiger partial charge is 0.495 e. The third-order valence-corrected chi connectivity index (χ3v) is 6.45. The van der Waals surface area contributed by atoms with Crippen molar-refractivity contribution in [2.24, 2.45) is 0 Å². The number of carbonyl (C=O) groups excluding carboxylic acids is 2. The van der Waals surface area contributed by atoms with E-state index in [2.05, 4.69) is 27.1 Å². The summed E-state index contributed by atoms with van der Waals surface area (Å²) in [5.41, 5.74) is 3.66. The highest BCUT2D eigenvalue weighted by Gasteiger charge is 2.19. The van der Waals surface area contributed by atoms with Crippen LogP contribution in [-0.2, 0) is 11.3 Å². The summed E-state index contributed by atoms with van der Waals surface area (Å²) >= 11 is 1.42. The molecule has 34 heavy (non-hydrogen) atoms. The zero-order valence-electron chi connectivity index (χ0n) is 19.2. The Hall–Kier alpha value is -3.78. The minimum atomic E-state index is -0.351. The van der Waals surface area contributed by atoms with Crippen molar-refractivity contribution >= 4 is 46.0 Å². The number of rotatable bonds is 8. The SMILES string of the molecule is CCn1c(SC(C)C(=O)Nc2ccc(C(=O)Nc3ccccc3OC)cc2)nc2ccccc21. The molecular weight excluding hydrogens is 448 g/mol. The first-order chi connectivity index (χ1) is 16.5. The van der Waals surface area contributed by atoms with Gasteiger partial charge < -0.3 is 19.9 Å². The lowest BCUT2D eigenvalue weighted by Crippen LogP contribution is -2.23. The summed E-state index contributed by atoms with van der Waals surface area (Å²) < 4.78 is 7.38. The average Bonchev–Trinajstić information content (AvgIpc) is 3.21. The van der Waals surface area contributed by atoms with Crippen LogP contribution in [0.4, 0.5) is 11.4 Å². The van der Waals surface area contributed by atoms with Gasteiger partial charge in [-0.05, 0) is 62.4 Å². The van der Waals surface area contributed by atoms with Crippen LogP contribution in [-0.4, -0.2) is 33.7 Å². The number of anilines is 2. The van der Waals surface area contributed by atoms with Gasteiger partial charge in [-0.1, -0.05) is 36.0 Å². The Balaban J connectivity index is 1.39. The molecule has 0 radical (unpaired) electrons. The molecule has 1 unspecified atom stereocenters. The molecule has 2 amide bonds. The predicted octanol–water partition coefficient (Wildman–Crippen LogP) is 5.44. The smallest absolute Gasteiger partial charge is 0.255 e. The minimum absolute atomic E-state index is 0.133. The van der Waals surface area contributed by atoms with Gasteiger partial charge in [0.25, 0.3) is 5.91 Å². The van der Waals surface area contributed by atoms with E-state index in [-0.39, 0.29) is 17.1 Å². The van der Waals surface area contributed by atoms with Crippen LogP contribution in [0.1, 0.15) is 24.2 Å². The highest BCUT2D eigenvalue weighted by molar-refractivity contribution is 8.00. The first-order valence-corrected chi connectivity index (χ1v) is 11.8. The van der Waals surface area contributed by atoms with E-state index >= 15 is 0 Å². The number of aryl methyl sites for hydroxylation is 1. The van der Waals surface area contributed by atoms with Crippen LogP contribution in [0.5, 0.6) is 5.75 Å². The van der Waals surface area contributed by atoms with Crippen molar-refractivity contribution in [3.63, 3.8) is 0 Å². The standard InChI is InChI=1S/C26H26N4O3S/c1-4-30-22-11-7-5-9-20(22)29-26(30)34-17(2)24(31)27-19-15-13-18(14-16-19)25(32)28-21-10-6-8-12-23(21)33-3/h5-17H,4H2,1-3H3,(H,27,31)(H,28,32). The molecule has 174 valence electrons. The molecule has 4 rings (SSSR count). The molecule has 0 aliphatic heterocycles. The third kappa shape index (κ3) is 5.07. The summed E-state index contributed by atoms with van der Waals surface area (Å²) in [6, 6.07) is 22.0. The van der Waals surface area contributed by atoms with Crippen LogP contribution in [0.3, 0.4) is 0 Å². The van der Waals surface area contributed by atoms with Gasteiger partial charge in [-0.25, -0.2) is 4.98 Å². The zero-order chi connectivity index (χ0) is 24.1. The van der Waals surface area contributed by atoms with E-state index in [9.17, 15) is 9.59 Å². The highest BCUT2D eigenvalue weighted by atomic mass is 32.2. The second kappa shape index (κ2) is 10.4. The first-order valence-electron chi connectivity index (χ1n) is 11.0. The molecule has 0 fully saturated rings. The number of amides is 2. The second-order valence-electron chi connectivity index (χ2n) is 7.61. The molecule has 1 aromatic heterocycles. The molecule has 0 saturated carbocycles. The molecule has 4 aromatic rings. The number of nitrogens with one attached hydrogen (secondary N) is 2. The van der Waals surface area contributed by atoms with Crippen LogP contribution < -0.4 is 15.4 Å². The number of fused-ring (bicyclic) bond motifs is 1. The minimum Gasteiger partial charge on any atom is -0.495 e. The number of methoxy groups -OCH3 is 1. The van der Waals surface area contributed by atoms with Crippen molar-refractivity contribution in [1.29, 1.82) is 0 Å². The van der Waals surface area contributed by atoms with Gasteiger partial charge in [0.15, 0.2) is 5.16 Å². The summed E-state index contributed by atoms with van der Waals surface area (Å²) in [4.78, 5) is 30.1. The lowest BCUT2D eigenvalue weighted by molar-refractivity contribution is -0.115. The summed E-state index contributed by atoms with van der Waals surface area (Å²) in [7, 11) is 1.56. The van der Waals surface area contributed by atoms with E-state index in [0.29, 0.717) is 22.7 Å². The van der Waals surface area contributed by atoms with Crippen molar-refractivity contribution in [2.45, 2.75) is 30.8 Å². The van der Waals surface area contributed by atoms with Gasteiger partial charge in [-0.2, -0.15) is 0 Å². The molecule has 8 heteroatoms. The number of para-hydroxylation sites is 4. The number of benzene rings is 3. The summed E-state index contributed by atoms with van der Waals surface area (Å²) in [6.07, 6.45) is 0. The summed E-state index contributed by atoms with van der Waals surface area (Å²) in [6.45, 7) is 4.69. The van der Waals surface area contributed by atoms with Crippen molar-refractivity contribution in [1.82, 2.24) is 9.55 Å². The van der Waals surface area contributed by atoms with Gasteiger partial charge in [-0.15, -0.1) is 0 Å². The van der Waals surface area contributed by atoms with Crippen LogP contribution in [0.25, 0.3) is 11.0 Å². The Kier molecular flexibility index (Phi) is 7.18. The number of hydrogen-bond acceptors (Lipinski definition) is 5. The number of ether oxygens (including phenoxy) is 1. The van der Waals surface area contributed by atoms with Gasteiger partial charge >= 0.3 is 0 Å². The monoisotopic (exact) mass is 474 g/mol. The molecule has 3 aromatic carbocycles. The van der Waals surface area contributed by atoms with Crippen molar-refractivity contribution in [2.75, 3.05) is 17.7 Å². The van der Waals surface area contributed by atoms with Gasteiger partial charge in [0.1, 0.15) is 5.75 Å². The van der Waals surface area contributed by atoms with E-state index in [1.807, 2.05) is 43.3 Å². The van der Waals surface area contributed by atoms with Crippen LogP contribution >= 0.6 is 11.8 Å². The number of imidazole rings is 1. The highest BCUT2D eigenvalue weighted by Crippen LogP contribution is 2.28. The van der Waals surface area contributed by atoms with Gasteiger partial charge in [0.05, 0.1) is 29.1 Å². The Bertz CT molecular complexity index is 1320. The topological polar surface area (TPSA) is 85.2 Å². The van der Waals surface area contributed by atoms with E-state index < -0.39 is 0 Å². The van der Waals surface area contributed by atoms with E-state index in [1.165, 1.54) is 11.8 Å². The summed E-state index contributed by atoms with van der Waals surface area (Å²) in [5.74, 6) is 0.193. The molecule has 2 N–H and O–H groups in total. The zero-order valence-corrected chi connectivity index (χ0v) is 20.1. The second-order valence-corrected chi connectivity index (χ2v) is 8.92. The first kappa shape index (κ1) is 23.4. The average molecular weight is 475 g/mol. The molecule has 0 aliphatic rings. The fourth-order valence-corrected chi connectivity index (χ4v) is 4.54. The Labute approximate surface area is 202 Å². The Morgan fingerprint density at radius 2 is 1.71 bits per heavy atom. The van der Waals surface area contributed by atoms with E-state index in [4.69, 9.17) is 4.74 Å². The number of carbonyl (C=O) groups is 2. The predicted molar refractivity (Wildman–Crippen MR) is 137 cm³/mol. The fraction of sp³-hybridized carbons (Fsp3) is 0.192. The van der Waals surface area contributed by atoms with Crippen LogP contribution in [0, 0.1) is 0 Å². The van der Waals surface area contributed by atoms with Crippen molar-refractivity contribution < 1.29 is 14.3 Å². The summed E-state index contributed by atoms with van der Waals surface area (Å²) in [5, 5.41) is 6.22. The normalized spacial score (nSPS) is 11.7. The van der Waals surface area contributed by atoms with Crippen LogP contribution in [0.2, 0.25) is 0 Å². The maximum absolute atomic E-state index is 12.8. The fourth-order valence-electron chi connectivity index (χ4n) is 3.55. The van der Waals surface area contributed by atoms with Crippen LogP contribution in [0.15, 0.2) is 78.0 Å². The lowest BCUT2D eigenvalue weighted by atomic mass is 10.2. The van der Waals surface area contributed by atoms with Crippen molar-refractivity contribution in [3.05, 3.63) is 78.4 Å². The molecular formula is C26H26N4O3S. The molecule has 0 saturated heterocycles. The molecule has 1 atom stereocenters. The molecule has 1 heterocycles. The van der Waals surface area contributed by atoms with Gasteiger partial charge in [0.2, 0.25) is 5.91 Å². The molecule has 0 aliphatic carbocycles. The Morgan fingerprint density at radius 3 is 2.44 bits per heavy atom. The third-order valence-electron chi connectivity index (χ3n) is 5.36. The van der Waals surface area contributed by atoms with Gasteiger partial charge in [0, 0.05) is 17.8 Å². The van der Waals surface area contributed by atoms with Gasteiger partial charge in [-0.3, -0.25) is 9.59 Å². The quantitative estimate of drug-likeness (QED) is 0.332. The van der Waals surface area contributed by atoms with Crippen molar-refractivity contribution in [3.8, 4) is 5.75 Å².